The molecule has 272 valence electrons. The molecule has 1 unspecified atom stereocenters. The van der Waals surface area contributed by atoms with E-state index in [1.807, 2.05) is 0 Å². The van der Waals surface area contributed by atoms with Crippen LogP contribution in [0.2, 0.25) is 0 Å². The highest BCUT2D eigenvalue weighted by atomic mass is 16.7. The Labute approximate surface area is 281 Å². The number of epoxide rings is 1. The van der Waals surface area contributed by atoms with Crippen molar-refractivity contribution in [3.63, 3.8) is 0 Å². The normalized spacial score (nSPS) is 41.8. The summed E-state index contributed by atoms with van der Waals surface area (Å²) >= 11 is 0. The molecule has 1 spiro atoms. The number of hydrogen-bond acceptors (Lipinski definition) is 14. The standard InChI is InChI=1S/C34H52O14/c1-17-7-26(46-21(5)36)34(16-42-27(38)9-19(3)45-29(40)10-20(4)44-28(39)8-18(2)35)24(13-23(37)14-33(34)15-43-33)32(17,6)25-11-22-12-30(41)48-31(22)47-25/h17-20,22-26,30-31,35,37,41H,7-16H2,1-6H3/t17-,18+,19+,20+,22+,23-,24-,25+,26+,30?,31+,32+,33+,34+/m1/s1. The molecule has 0 aromatic rings. The molecule has 2 aliphatic carbocycles. The molecule has 0 bridgehead atoms. The van der Waals surface area contributed by atoms with Crippen molar-refractivity contribution in [2.75, 3.05) is 13.2 Å². The lowest BCUT2D eigenvalue weighted by Crippen LogP contribution is -2.70. The second-order valence-electron chi connectivity index (χ2n) is 15.1. The summed E-state index contributed by atoms with van der Waals surface area (Å²) in [5.41, 5.74) is -2.46. The molecule has 3 N–H and O–H groups in total. The van der Waals surface area contributed by atoms with E-state index >= 15 is 0 Å². The Kier molecular flexibility index (Phi) is 10.8. The summed E-state index contributed by atoms with van der Waals surface area (Å²) in [4.78, 5) is 50.1. The number of carbonyl (C=O) groups excluding carboxylic acids is 4. The fraction of sp³-hybridized carbons (Fsp3) is 0.882. The topological polar surface area (TPSA) is 197 Å². The number of aliphatic hydroxyl groups is 3. The van der Waals surface area contributed by atoms with Crippen molar-refractivity contribution < 1.29 is 67.7 Å². The molecule has 0 aromatic heterocycles. The molecule has 14 atom stereocenters. The van der Waals surface area contributed by atoms with Crippen LogP contribution in [-0.4, -0.2) is 107 Å². The number of ether oxygens (including phenoxy) is 7. The Hall–Kier alpha value is -2.36. The smallest absolute Gasteiger partial charge is 0.309 e. The van der Waals surface area contributed by atoms with Crippen LogP contribution in [0.4, 0.5) is 0 Å². The van der Waals surface area contributed by atoms with Crippen LogP contribution in [-0.2, 0) is 52.3 Å². The van der Waals surface area contributed by atoms with Crippen LogP contribution in [0.25, 0.3) is 0 Å². The van der Waals surface area contributed by atoms with Crippen molar-refractivity contribution in [2.24, 2.45) is 28.6 Å². The van der Waals surface area contributed by atoms with Crippen molar-refractivity contribution in [1.29, 1.82) is 0 Å². The maximum Gasteiger partial charge on any atom is 0.309 e. The predicted molar refractivity (Wildman–Crippen MR) is 163 cm³/mol. The van der Waals surface area contributed by atoms with Gasteiger partial charge in [-0.2, -0.15) is 0 Å². The summed E-state index contributed by atoms with van der Waals surface area (Å²) in [7, 11) is 0. The first kappa shape index (κ1) is 36.9. The molecule has 0 amide bonds. The lowest BCUT2D eigenvalue weighted by atomic mass is 9.42. The third-order valence-corrected chi connectivity index (χ3v) is 11.5. The Morgan fingerprint density at radius 3 is 2.10 bits per heavy atom. The van der Waals surface area contributed by atoms with Gasteiger partial charge in [0.25, 0.3) is 0 Å². The van der Waals surface area contributed by atoms with Crippen LogP contribution < -0.4 is 0 Å². The Bertz CT molecular complexity index is 1200. The minimum atomic E-state index is -0.998. The Morgan fingerprint density at radius 2 is 1.52 bits per heavy atom. The van der Waals surface area contributed by atoms with Gasteiger partial charge >= 0.3 is 23.9 Å². The second-order valence-corrected chi connectivity index (χ2v) is 15.1. The van der Waals surface area contributed by atoms with Crippen molar-refractivity contribution >= 4 is 23.9 Å². The summed E-state index contributed by atoms with van der Waals surface area (Å²) in [5, 5.41) is 30.6. The molecule has 5 aliphatic rings. The first-order valence-corrected chi connectivity index (χ1v) is 17.2. The van der Waals surface area contributed by atoms with Gasteiger partial charge in [0, 0.05) is 31.1 Å². The minimum absolute atomic E-state index is 0.0237. The zero-order chi connectivity index (χ0) is 35.2. The number of carbonyl (C=O) groups is 4. The molecular formula is C34H52O14. The molecule has 3 aliphatic heterocycles. The number of aliphatic hydroxyl groups excluding tert-OH is 3. The summed E-state index contributed by atoms with van der Waals surface area (Å²) in [6.07, 6.45) is -3.99. The second kappa shape index (κ2) is 14.1. The molecule has 14 nitrogen and oxygen atoms in total. The highest BCUT2D eigenvalue weighted by Gasteiger charge is 2.77. The van der Waals surface area contributed by atoms with Crippen LogP contribution in [0.15, 0.2) is 0 Å². The van der Waals surface area contributed by atoms with E-state index in [-0.39, 0.29) is 49.7 Å². The van der Waals surface area contributed by atoms with E-state index in [1.165, 1.54) is 20.8 Å². The fourth-order valence-electron chi connectivity index (χ4n) is 9.14. The molecule has 0 radical (unpaired) electrons. The highest BCUT2D eigenvalue weighted by molar-refractivity contribution is 5.74. The number of hydrogen-bond donors (Lipinski definition) is 3. The average molecular weight is 685 g/mol. The first-order chi connectivity index (χ1) is 22.5. The van der Waals surface area contributed by atoms with Gasteiger partial charge in [0.15, 0.2) is 12.6 Å². The van der Waals surface area contributed by atoms with Crippen LogP contribution in [0.3, 0.4) is 0 Å². The van der Waals surface area contributed by atoms with Crippen molar-refractivity contribution in [3.05, 3.63) is 0 Å². The fourth-order valence-corrected chi connectivity index (χ4v) is 9.14. The molecule has 3 heterocycles. The van der Waals surface area contributed by atoms with Gasteiger partial charge in [-0.1, -0.05) is 13.8 Å². The van der Waals surface area contributed by atoms with E-state index in [2.05, 4.69) is 13.8 Å². The van der Waals surface area contributed by atoms with Gasteiger partial charge < -0.3 is 48.5 Å². The lowest BCUT2D eigenvalue weighted by Gasteiger charge is -2.64. The number of esters is 4. The van der Waals surface area contributed by atoms with Crippen molar-refractivity contribution in [3.8, 4) is 0 Å². The van der Waals surface area contributed by atoms with Crippen LogP contribution in [0.5, 0.6) is 0 Å². The minimum Gasteiger partial charge on any atom is -0.465 e. The molecule has 5 rings (SSSR count). The number of fused-ring (bicyclic) bond motifs is 3. The maximum atomic E-state index is 13.3. The largest absolute Gasteiger partial charge is 0.465 e. The Morgan fingerprint density at radius 1 is 0.896 bits per heavy atom. The van der Waals surface area contributed by atoms with Crippen molar-refractivity contribution in [1.82, 2.24) is 0 Å². The third kappa shape index (κ3) is 7.25. The summed E-state index contributed by atoms with van der Waals surface area (Å²) in [5.74, 6) is -2.75. The van der Waals surface area contributed by atoms with Gasteiger partial charge in [0.05, 0.1) is 49.6 Å². The Balaban J connectivity index is 1.31. The van der Waals surface area contributed by atoms with Gasteiger partial charge in [-0.15, -0.1) is 0 Å². The maximum absolute atomic E-state index is 13.3. The lowest BCUT2D eigenvalue weighted by molar-refractivity contribution is -0.271. The molecule has 2 saturated carbocycles. The molecular weight excluding hydrogens is 632 g/mol. The SMILES string of the molecule is CC(=O)O[C@H]1C[C@@H](C)[C@](C)([C@@H]2C[C@H]3CC(O)O[C@@H]3O2)[C@H]2C[C@@H](O)C[C@]3(CO3)[C@]12COC(=O)C[C@H](C)OC(=O)C[C@H](C)OC(=O)C[C@H](C)O. The zero-order valence-electron chi connectivity index (χ0n) is 28.8. The monoisotopic (exact) mass is 684 g/mol. The van der Waals surface area contributed by atoms with Gasteiger partial charge in [-0.05, 0) is 51.9 Å². The van der Waals surface area contributed by atoms with E-state index in [9.17, 15) is 34.5 Å². The van der Waals surface area contributed by atoms with Crippen LogP contribution in [0, 0.1) is 28.6 Å². The highest BCUT2D eigenvalue weighted by Crippen LogP contribution is 2.70. The summed E-state index contributed by atoms with van der Waals surface area (Å²) in [6, 6.07) is 0. The molecule has 48 heavy (non-hydrogen) atoms. The van der Waals surface area contributed by atoms with Gasteiger partial charge in [0.2, 0.25) is 0 Å². The quantitative estimate of drug-likeness (QED) is 0.153. The average Bonchev–Trinajstić information content (AvgIpc) is 3.46. The van der Waals surface area contributed by atoms with Gasteiger partial charge in [-0.3, -0.25) is 19.2 Å². The van der Waals surface area contributed by atoms with E-state index in [1.54, 1.807) is 6.92 Å². The predicted octanol–water partition coefficient (Wildman–Crippen LogP) is 1.92. The molecule has 5 fully saturated rings. The summed E-state index contributed by atoms with van der Waals surface area (Å²) in [6.45, 7) is 10.3. The van der Waals surface area contributed by atoms with E-state index in [0.29, 0.717) is 38.7 Å². The zero-order valence-corrected chi connectivity index (χ0v) is 28.8. The molecule has 0 aromatic carbocycles. The molecule has 14 heteroatoms. The van der Waals surface area contributed by atoms with E-state index in [4.69, 9.17) is 33.2 Å². The number of rotatable bonds is 12. The van der Waals surface area contributed by atoms with Crippen molar-refractivity contribution in [2.45, 2.75) is 148 Å². The molecule has 3 saturated heterocycles. The van der Waals surface area contributed by atoms with Gasteiger partial charge in [-0.25, -0.2) is 0 Å². The van der Waals surface area contributed by atoms with E-state index < -0.39 is 83.4 Å². The first-order valence-electron chi connectivity index (χ1n) is 17.2. The van der Waals surface area contributed by atoms with Crippen LogP contribution in [0.1, 0.15) is 92.9 Å². The summed E-state index contributed by atoms with van der Waals surface area (Å²) < 4.78 is 40.8. The van der Waals surface area contributed by atoms with Gasteiger partial charge in [0.1, 0.15) is 30.5 Å². The van der Waals surface area contributed by atoms with E-state index in [0.717, 1.165) is 0 Å². The third-order valence-electron chi connectivity index (χ3n) is 11.5. The van der Waals surface area contributed by atoms with Crippen LogP contribution >= 0.6 is 0 Å².